The lowest BCUT2D eigenvalue weighted by molar-refractivity contribution is -0.138. The number of H-pyrrole nitrogens is 1. The van der Waals surface area contributed by atoms with Gasteiger partial charge in [0.1, 0.15) is 5.82 Å². The van der Waals surface area contributed by atoms with Crippen molar-refractivity contribution in [3.8, 4) is 11.3 Å². The summed E-state index contributed by atoms with van der Waals surface area (Å²) in [5, 5.41) is 2.67. The molecule has 226 valence electrons. The predicted molar refractivity (Wildman–Crippen MR) is 163 cm³/mol. The third kappa shape index (κ3) is 6.48. The van der Waals surface area contributed by atoms with Crippen LogP contribution in [0.15, 0.2) is 73.2 Å². The molecular formula is C33H32F3N7O. The molecule has 2 aromatic carbocycles. The molecule has 1 aliphatic rings. The number of nitrogens with zero attached hydrogens (tertiary/aromatic N) is 5. The zero-order valence-electron chi connectivity index (χ0n) is 24.4. The minimum absolute atomic E-state index is 0.0916. The highest BCUT2D eigenvalue weighted by Crippen LogP contribution is 2.35. The summed E-state index contributed by atoms with van der Waals surface area (Å²) in [6.07, 6.45) is 1.06. The van der Waals surface area contributed by atoms with Crippen LogP contribution < -0.4 is 5.32 Å². The number of alkyl halides is 3. The largest absolute Gasteiger partial charge is 0.416 e. The van der Waals surface area contributed by atoms with Crippen LogP contribution in [-0.4, -0.2) is 68.9 Å². The molecule has 1 fully saturated rings. The van der Waals surface area contributed by atoms with E-state index in [2.05, 4.69) is 20.2 Å². The van der Waals surface area contributed by atoms with Crippen molar-refractivity contribution in [3.63, 3.8) is 0 Å². The molecule has 0 radical (unpaired) electrons. The fourth-order valence-corrected chi connectivity index (χ4v) is 5.46. The number of rotatable bonds is 7. The number of fused-ring (bicyclic) bond motifs is 1. The lowest BCUT2D eigenvalue weighted by atomic mass is 10.0. The number of aromatic nitrogens is 4. The van der Waals surface area contributed by atoms with Crippen molar-refractivity contribution >= 4 is 22.6 Å². The standard InChI is InChI=1S/C33H32F3N7O/c1-21-5-6-22(16-25(21)17-29-40-28-9-11-38-31(28)30(41-29)23-4-3-10-37-19-23)32(44)39-26-8-7-24(27(18-26)33(34,35)36)20-43-14-12-42(2)13-15-43/h3-11,16,18-19,38H,12-15,17,20H2,1-2H3,(H,39,44). The molecule has 3 aromatic heterocycles. The molecule has 0 saturated carbocycles. The molecule has 5 aromatic rings. The van der Waals surface area contributed by atoms with Gasteiger partial charge in [0.2, 0.25) is 0 Å². The lowest BCUT2D eigenvalue weighted by Crippen LogP contribution is -2.44. The van der Waals surface area contributed by atoms with E-state index in [1.165, 1.54) is 12.1 Å². The second-order valence-electron chi connectivity index (χ2n) is 11.2. The number of nitrogens with one attached hydrogen (secondary N) is 2. The van der Waals surface area contributed by atoms with E-state index in [9.17, 15) is 18.0 Å². The molecule has 8 nitrogen and oxygen atoms in total. The first-order chi connectivity index (χ1) is 21.1. The van der Waals surface area contributed by atoms with E-state index >= 15 is 0 Å². The third-order valence-corrected chi connectivity index (χ3v) is 8.01. The maximum Gasteiger partial charge on any atom is 0.416 e. The highest BCUT2D eigenvalue weighted by atomic mass is 19.4. The molecule has 4 heterocycles. The summed E-state index contributed by atoms with van der Waals surface area (Å²) in [5.74, 6) is 0.0756. The first-order valence-corrected chi connectivity index (χ1v) is 14.4. The Morgan fingerprint density at radius 3 is 2.57 bits per heavy atom. The van der Waals surface area contributed by atoms with Crippen LogP contribution >= 0.6 is 0 Å². The molecule has 0 spiro atoms. The van der Waals surface area contributed by atoms with Gasteiger partial charge >= 0.3 is 6.18 Å². The lowest BCUT2D eigenvalue weighted by Gasteiger charge is -2.33. The summed E-state index contributed by atoms with van der Waals surface area (Å²) in [6, 6.07) is 14.9. The number of carbonyl (C=O) groups is 1. The molecule has 0 unspecified atom stereocenters. The predicted octanol–water partition coefficient (Wildman–Crippen LogP) is 5.94. The van der Waals surface area contributed by atoms with Crippen LogP contribution in [0.25, 0.3) is 22.3 Å². The van der Waals surface area contributed by atoms with Crippen LogP contribution in [0.2, 0.25) is 0 Å². The number of likely N-dealkylation sites (N-methyl/N-ethyl adjacent to an activating group) is 1. The summed E-state index contributed by atoms with van der Waals surface area (Å²) in [6.45, 7) is 5.17. The number of pyridine rings is 1. The normalized spacial score (nSPS) is 14.7. The van der Waals surface area contributed by atoms with Gasteiger partial charge < -0.3 is 15.2 Å². The van der Waals surface area contributed by atoms with Crippen molar-refractivity contribution in [2.24, 2.45) is 0 Å². The Kier molecular flexibility index (Phi) is 8.15. The van der Waals surface area contributed by atoms with Gasteiger partial charge in [-0.3, -0.25) is 14.7 Å². The van der Waals surface area contributed by atoms with Crippen LogP contribution in [0.3, 0.4) is 0 Å². The Bertz CT molecular complexity index is 1800. The average molecular weight is 600 g/mol. The number of anilines is 1. The number of aromatic amines is 1. The third-order valence-electron chi connectivity index (χ3n) is 8.01. The molecule has 0 bridgehead atoms. The highest BCUT2D eigenvalue weighted by Gasteiger charge is 2.34. The number of hydrogen-bond acceptors (Lipinski definition) is 6. The number of aryl methyl sites for hydroxylation is 1. The van der Waals surface area contributed by atoms with Crippen molar-refractivity contribution in [1.82, 2.24) is 29.7 Å². The van der Waals surface area contributed by atoms with Crippen molar-refractivity contribution in [1.29, 1.82) is 0 Å². The van der Waals surface area contributed by atoms with Crippen molar-refractivity contribution in [3.05, 3.63) is 107 Å². The molecule has 2 N–H and O–H groups in total. The summed E-state index contributed by atoms with van der Waals surface area (Å²) in [7, 11) is 2.00. The molecule has 6 rings (SSSR count). The molecule has 11 heteroatoms. The van der Waals surface area contributed by atoms with Crippen molar-refractivity contribution in [2.75, 3.05) is 38.5 Å². The van der Waals surface area contributed by atoms with Gasteiger partial charge in [0.05, 0.1) is 22.3 Å². The van der Waals surface area contributed by atoms with Crippen molar-refractivity contribution in [2.45, 2.75) is 26.1 Å². The van der Waals surface area contributed by atoms with E-state index in [1.807, 2.05) is 49.3 Å². The number of amides is 1. The van der Waals surface area contributed by atoms with Gasteiger partial charge in [0.15, 0.2) is 0 Å². The van der Waals surface area contributed by atoms with E-state index in [-0.39, 0.29) is 17.8 Å². The Balaban J connectivity index is 1.23. The molecule has 44 heavy (non-hydrogen) atoms. The summed E-state index contributed by atoms with van der Waals surface area (Å²) in [5.41, 5.74) is 4.80. The smallest absolute Gasteiger partial charge is 0.358 e. The second kappa shape index (κ2) is 12.2. The average Bonchev–Trinajstić information content (AvgIpc) is 3.48. The van der Waals surface area contributed by atoms with E-state index in [4.69, 9.17) is 9.97 Å². The van der Waals surface area contributed by atoms with Crippen molar-refractivity contribution < 1.29 is 18.0 Å². The minimum atomic E-state index is -4.55. The van der Waals surface area contributed by atoms with Gasteiger partial charge in [-0.05, 0) is 73.1 Å². The zero-order valence-corrected chi connectivity index (χ0v) is 24.4. The van der Waals surface area contributed by atoms with Crippen LogP contribution in [-0.2, 0) is 19.1 Å². The van der Waals surface area contributed by atoms with Gasteiger partial charge in [-0.2, -0.15) is 13.2 Å². The van der Waals surface area contributed by atoms with E-state index in [0.29, 0.717) is 30.9 Å². The fraction of sp³-hybridized carbons (Fsp3) is 0.273. The minimum Gasteiger partial charge on any atom is -0.358 e. The fourth-order valence-electron chi connectivity index (χ4n) is 5.46. The number of benzene rings is 2. The van der Waals surface area contributed by atoms with Gasteiger partial charge in [-0.1, -0.05) is 12.1 Å². The van der Waals surface area contributed by atoms with Crippen LogP contribution in [0.1, 0.15) is 38.4 Å². The number of carbonyl (C=O) groups excluding carboxylic acids is 1. The molecule has 0 aliphatic carbocycles. The van der Waals surface area contributed by atoms with E-state index < -0.39 is 17.6 Å². The molecule has 1 saturated heterocycles. The van der Waals surface area contributed by atoms with Gasteiger partial charge in [-0.15, -0.1) is 0 Å². The first-order valence-electron chi connectivity index (χ1n) is 14.4. The van der Waals surface area contributed by atoms with Crippen LogP contribution in [0, 0.1) is 6.92 Å². The van der Waals surface area contributed by atoms with Gasteiger partial charge in [-0.25, -0.2) is 9.97 Å². The Morgan fingerprint density at radius 1 is 1.00 bits per heavy atom. The summed E-state index contributed by atoms with van der Waals surface area (Å²) >= 11 is 0. The van der Waals surface area contributed by atoms with Crippen LogP contribution in [0.4, 0.5) is 18.9 Å². The second-order valence-corrected chi connectivity index (χ2v) is 11.2. The number of halogens is 3. The zero-order chi connectivity index (χ0) is 30.8. The summed E-state index contributed by atoms with van der Waals surface area (Å²) < 4.78 is 42.2. The number of piperazine rings is 1. The summed E-state index contributed by atoms with van der Waals surface area (Å²) in [4.78, 5) is 34.4. The Morgan fingerprint density at radius 2 is 1.82 bits per heavy atom. The maximum atomic E-state index is 14.1. The van der Waals surface area contributed by atoms with Gasteiger partial charge in [0, 0.05) is 74.5 Å². The maximum absolute atomic E-state index is 14.1. The quantitative estimate of drug-likeness (QED) is 0.241. The molecular weight excluding hydrogens is 567 g/mol. The molecule has 1 aliphatic heterocycles. The Labute approximate surface area is 253 Å². The molecule has 1 amide bonds. The Hall–Kier alpha value is -4.61. The van der Waals surface area contributed by atoms with E-state index in [1.54, 1.807) is 24.5 Å². The van der Waals surface area contributed by atoms with E-state index in [0.717, 1.165) is 52.6 Å². The van der Waals surface area contributed by atoms with Crippen LogP contribution in [0.5, 0.6) is 0 Å². The topological polar surface area (TPSA) is 90.0 Å². The highest BCUT2D eigenvalue weighted by molar-refractivity contribution is 6.04. The SMILES string of the molecule is Cc1ccc(C(=O)Nc2ccc(CN3CCN(C)CC3)c(C(F)(F)F)c2)cc1Cc1nc(-c2cccnc2)c2[nH]ccc2n1. The monoisotopic (exact) mass is 599 g/mol. The molecule has 0 atom stereocenters. The first kappa shape index (κ1) is 29.5. The van der Waals surface area contributed by atoms with Gasteiger partial charge in [0.25, 0.3) is 5.91 Å². The number of hydrogen-bond donors (Lipinski definition) is 2.